The van der Waals surface area contributed by atoms with Crippen molar-refractivity contribution in [1.29, 1.82) is 0 Å². The van der Waals surface area contributed by atoms with Crippen LogP contribution >= 0.6 is 15.9 Å². The van der Waals surface area contributed by atoms with Crippen molar-refractivity contribution in [3.63, 3.8) is 0 Å². The Morgan fingerprint density at radius 1 is 1.22 bits per heavy atom. The van der Waals surface area contributed by atoms with Crippen LogP contribution in [0.2, 0.25) is 0 Å². The van der Waals surface area contributed by atoms with Gasteiger partial charge in [-0.05, 0) is 25.0 Å². The lowest BCUT2D eigenvalue weighted by atomic mass is 10.2. The second kappa shape index (κ2) is 6.50. The molecule has 0 fully saturated rings. The molecule has 3 nitrogen and oxygen atoms in total. The van der Waals surface area contributed by atoms with Gasteiger partial charge in [0.2, 0.25) is 0 Å². The Kier molecular flexibility index (Phi) is 4.70. The molecule has 0 N–H and O–H groups in total. The van der Waals surface area contributed by atoms with Crippen molar-refractivity contribution in [3.05, 3.63) is 36.0 Å². The van der Waals surface area contributed by atoms with Crippen molar-refractivity contribution in [2.75, 3.05) is 11.9 Å². The number of carbonyl (C=O) groups is 1. The lowest BCUT2D eigenvalue weighted by Gasteiger charge is -2.08. The number of benzene rings is 1. The molecule has 0 amide bonds. The number of pyridine rings is 1. The maximum absolute atomic E-state index is 10.8. The second-order valence-electron chi connectivity index (χ2n) is 3.93. The minimum Gasteiger partial charge on any atom is -0.491 e. The predicted molar refractivity (Wildman–Crippen MR) is 75.7 cm³/mol. The van der Waals surface area contributed by atoms with Crippen LogP contribution in [0.4, 0.5) is 0 Å². The largest absolute Gasteiger partial charge is 0.491 e. The lowest BCUT2D eigenvalue weighted by molar-refractivity contribution is 0.111. The van der Waals surface area contributed by atoms with Gasteiger partial charge < -0.3 is 4.74 Å². The molecule has 0 aliphatic carbocycles. The highest BCUT2D eigenvalue weighted by atomic mass is 79.9. The summed E-state index contributed by atoms with van der Waals surface area (Å²) in [6.45, 7) is 0.664. The summed E-state index contributed by atoms with van der Waals surface area (Å²) in [7, 11) is 0. The molecule has 2 aromatic rings. The summed E-state index contributed by atoms with van der Waals surface area (Å²) in [6, 6.07) is 9.38. The van der Waals surface area contributed by atoms with Gasteiger partial charge in [0, 0.05) is 10.7 Å². The molecule has 0 unspecified atom stereocenters. The molecule has 2 rings (SSSR count). The lowest BCUT2D eigenvalue weighted by Crippen LogP contribution is -1.99. The van der Waals surface area contributed by atoms with Crippen molar-refractivity contribution < 1.29 is 9.53 Å². The standard InChI is InChI=1S/C14H14BrNO2/c15-8-1-2-9-18-13-5-3-4-11-6-7-12(10-17)16-14(11)13/h3-7,10H,1-2,8-9H2. The van der Waals surface area contributed by atoms with E-state index in [1.54, 1.807) is 6.07 Å². The van der Waals surface area contributed by atoms with Gasteiger partial charge in [0.25, 0.3) is 0 Å². The molecular formula is C14H14BrNO2. The third-order valence-corrected chi connectivity index (χ3v) is 3.17. The normalized spacial score (nSPS) is 10.5. The van der Waals surface area contributed by atoms with Crippen molar-refractivity contribution in [3.8, 4) is 5.75 Å². The number of aromatic nitrogens is 1. The molecule has 18 heavy (non-hydrogen) atoms. The summed E-state index contributed by atoms with van der Waals surface area (Å²) < 4.78 is 5.72. The average Bonchev–Trinajstić information content (AvgIpc) is 2.43. The Morgan fingerprint density at radius 2 is 2.11 bits per heavy atom. The summed E-state index contributed by atoms with van der Waals surface area (Å²) in [4.78, 5) is 15.0. The van der Waals surface area contributed by atoms with E-state index in [0.717, 1.165) is 41.1 Å². The van der Waals surface area contributed by atoms with Gasteiger partial charge in [-0.25, -0.2) is 4.98 Å². The zero-order valence-corrected chi connectivity index (χ0v) is 11.5. The van der Waals surface area contributed by atoms with E-state index in [1.807, 2.05) is 24.3 Å². The van der Waals surface area contributed by atoms with Gasteiger partial charge in [0.15, 0.2) is 6.29 Å². The second-order valence-corrected chi connectivity index (χ2v) is 4.72. The van der Waals surface area contributed by atoms with E-state index < -0.39 is 0 Å². The first-order chi connectivity index (χ1) is 8.85. The average molecular weight is 308 g/mol. The van der Waals surface area contributed by atoms with Crippen LogP contribution in [0.25, 0.3) is 10.9 Å². The molecule has 4 heteroatoms. The molecule has 0 bridgehead atoms. The number of rotatable bonds is 6. The number of hydrogen-bond donors (Lipinski definition) is 0. The molecule has 0 aliphatic rings. The highest BCUT2D eigenvalue weighted by molar-refractivity contribution is 9.09. The quantitative estimate of drug-likeness (QED) is 0.465. The first-order valence-corrected chi connectivity index (χ1v) is 7.01. The van der Waals surface area contributed by atoms with Gasteiger partial charge >= 0.3 is 0 Å². The zero-order chi connectivity index (χ0) is 12.8. The number of halogens is 1. The van der Waals surface area contributed by atoms with Crippen LogP contribution in [0.3, 0.4) is 0 Å². The number of unbranched alkanes of at least 4 members (excludes halogenated alkanes) is 1. The molecule has 0 saturated heterocycles. The summed E-state index contributed by atoms with van der Waals surface area (Å²) in [5.74, 6) is 0.741. The monoisotopic (exact) mass is 307 g/mol. The third kappa shape index (κ3) is 3.07. The Balaban J connectivity index is 2.23. The van der Waals surface area contributed by atoms with Crippen LogP contribution in [0.1, 0.15) is 23.3 Å². The van der Waals surface area contributed by atoms with E-state index >= 15 is 0 Å². The van der Waals surface area contributed by atoms with Gasteiger partial charge in [0.1, 0.15) is 17.0 Å². The number of aldehydes is 1. The van der Waals surface area contributed by atoms with Crippen molar-refractivity contribution >= 4 is 33.1 Å². The minimum absolute atomic E-state index is 0.430. The molecule has 94 valence electrons. The Morgan fingerprint density at radius 3 is 2.89 bits per heavy atom. The molecule has 1 aromatic carbocycles. The van der Waals surface area contributed by atoms with Crippen LogP contribution in [-0.4, -0.2) is 23.2 Å². The molecule has 0 aliphatic heterocycles. The third-order valence-electron chi connectivity index (χ3n) is 2.61. The smallest absolute Gasteiger partial charge is 0.168 e. The fourth-order valence-electron chi connectivity index (χ4n) is 1.70. The molecule has 0 saturated carbocycles. The molecule has 1 heterocycles. The van der Waals surface area contributed by atoms with E-state index in [1.165, 1.54) is 0 Å². The van der Waals surface area contributed by atoms with E-state index in [4.69, 9.17) is 4.74 Å². The topological polar surface area (TPSA) is 39.2 Å². The minimum atomic E-state index is 0.430. The van der Waals surface area contributed by atoms with Crippen molar-refractivity contribution in [2.24, 2.45) is 0 Å². The number of ether oxygens (including phenoxy) is 1. The molecule has 1 aromatic heterocycles. The van der Waals surface area contributed by atoms with E-state index in [9.17, 15) is 4.79 Å². The van der Waals surface area contributed by atoms with Gasteiger partial charge in [-0.2, -0.15) is 0 Å². The van der Waals surface area contributed by atoms with Gasteiger partial charge in [-0.15, -0.1) is 0 Å². The van der Waals surface area contributed by atoms with E-state index in [2.05, 4.69) is 20.9 Å². The molecule has 0 spiro atoms. The SMILES string of the molecule is O=Cc1ccc2cccc(OCCCCBr)c2n1. The van der Waals surface area contributed by atoms with E-state index in [0.29, 0.717) is 12.3 Å². The van der Waals surface area contributed by atoms with E-state index in [-0.39, 0.29) is 0 Å². The van der Waals surface area contributed by atoms with Crippen LogP contribution in [0.5, 0.6) is 5.75 Å². The summed E-state index contributed by atoms with van der Waals surface area (Å²) in [5, 5.41) is 1.97. The van der Waals surface area contributed by atoms with Crippen molar-refractivity contribution in [2.45, 2.75) is 12.8 Å². The van der Waals surface area contributed by atoms with Crippen molar-refractivity contribution in [1.82, 2.24) is 4.98 Å². The van der Waals surface area contributed by atoms with Gasteiger partial charge in [-0.1, -0.05) is 34.1 Å². The summed E-state index contributed by atoms with van der Waals surface area (Å²) in [5.41, 5.74) is 1.18. The Hall–Kier alpha value is -1.42. The fraction of sp³-hybridized carbons (Fsp3) is 0.286. The number of hydrogen-bond acceptors (Lipinski definition) is 3. The molecule has 0 radical (unpaired) electrons. The fourth-order valence-corrected chi connectivity index (χ4v) is 2.09. The maximum Gasteiger partial charge on any atom is 0.168 e. The van der Waals surface area contributed by atoms with Crippen LogP contribution in [0.15, 0.2) is 30.3 Å². The predicted octanol–water partition coefficient (Wildman–Crippen LogP) is 3.60. The maximum atomic E-state index is 10.8. The summed E-state index contributed by atoms with van der Waals surface area (Å²) >= 11 is 3.39. The highest BCUT2D eigenvalue weighted by Crippen LogP contribution is 2.23. The number of para-hydroxylation sites is 1. The zero-order valence-electron chi connectivity index (χ0n) is 9.93. The van der Waals surface area contributed by atoms with Gasteiger partial charge in [-0.3, -0.25) is 4.79 Å². The Labute approximate surface area is 114 Å². The van der Waals surface area contributed by atoms with Crippen LogP contribution in [-0.2, 0) is 0 Å². The van der Waals surface area contributed by atoms with Gasteiger partial charge in [0.05, 0.1) is 6.61 Å². The van der Waals surface area contributed by atoms with Crippen LogP contribution in [0, 0.1) is 0 Å². The first-order valence-electron chi connectivity index (χ1n) is 5.89. The number of carbonyl (C=O) groups excluding carboxylic acids is 1. The van der Waals surface area contributed by atoms with Crippen LogP contribution < -0.4 is 4.74 Å². The number of fused-ring (bicyclic) bond motifs is 1. The first kappa shape index (κ1) is 13.0. The number of alkyl halides is 1. The molecule has 0 atom stereocenters. The Bertz CT molecular complexity index is 542. The molecular weight excluding hydrogens is 294 g/mol. The highest BCUT2D eigenvalue weighted by Gasteiger charge is 2.04. The summed E-state index contributed by atoms with van der Waals surface area (Å²) in [6.07, 6.45) is 2.83. The number of nitrogens with zero attached hydrogens (tertiary/aromatic N) is 1.